The molecule has 0 heterocycles. The van der Waals surface area contributed by atoms with Crippen molar-refractivity contribution < 1.29 is 87.8 Å². The Morgan fingerprint density at radius 3 is 0.550 bits per heavy atom. The van der Waals surface area contributed by atoms with Gasteiger partial charge in [0, 0.05) is 33.4 Å². The van der Waals surface area contributed by atoms with Crippen molar-refractivity contribution >= 4 is 0 Å². The van der Waals surface area contributed by atoms with Crippen LogP contribution in [0.5, 0.6) is 0 Å². The van der Waals surface area contributed by atoms with E-state index in [1.54, 1.807) is 52.0 Å². The lowest BCUT2D eigenvalue weighted by Crippen LogP contribution is -2.02. The fourth-order valence-electron chi connectivity index (χ4n) is 7.52. The highest BCUT2D eigenvalue weighted by molar-refractivity contribution is 5.31. The topological polar surface area (TPSA) is 0 Å². The zero-order valence-electron chi connectivity index (χ0n) is 59.1. The summed E-state index contributed by atoms with van der Waals surface area (Å²) in [6.07, 6.45) is 0. The number of benzene rings is 10. The van der Waals surface area contributed by atoms with E-state index in [9.17, 15) is 87.8 Å². The molecule has 0 amide bonds. The van der Waals surface area contributed by atoms with Gasteiger partial charge in [-0.15, -0.1) is 0 Å². The summed E-state index contributed by atoms with van der Waals surface area (Å²) in [5.41, 5.74) is 7.00. The molecule has 0 saturated carbocycles. The second-order valence-electron chi connectivity index (χ2n) is 23.4. The summed E-state index contributed by atoms with van der Waals surface area (Å²) in [6.45, 7) is 30.8. The number of rotatable bonds is 0. The third-order valence-corrected chi connectivity index (χ3v) is 14.5. The molecule has 10 aromatic rings. The van der Waals surface area contributed by atoms with E-state index in [1.165, 1.54) is 129 Å². The Morgan fingerprint density at radius 2 is 0.310 bits per heavy atom. The van der Waals surface area contributed by atoms with Gasteiger partial charge in [-0.3, -0.25) is 0 Å². The van der Waals surface area contributed by atoms with E-state index >= 15 is 0 Å². The van der Waals surface area contributed by atoms with Crippen molar-refractivity contribution in [3.05, 3.63) is 349 Å². The average molecular weight is 1420 g/mol. The van der Waals surface area contributed by atoms with E-state index in [2.05, 4.69) is 38.1 Å². The van der Waals surface area contributed by atoms with Crippen molar-refractivity contribution in [2.45, 2.75) is 138 Å². The first kappa shape index (κ1) is 88.8. The molecule has 0 nitrogen and oxygen atoms in total. The predicted molar refractivity (Wildman–Crippen MR) is 358 cm³/mol. The molecular weight excluding hydrogens is 1340 g/mol. The van der Waals surface area contributed by atoms with E-state index in [0.717, 1.165) is 37.1 Å². The number of aryl methyl sites for hydroxylation is 14. The maximum atomic E-state index is 12.7. The highest BCUT2D eigenvalue weighted by atomic mass is 19.2. The molecule has 10 rings (SSSR count). The second-order valence-corrected chi connectivity index (χ2v) is 23.4. The van der Waals surface area contributed by atoms with Crippen molar-refractivity contribution in [3.8, 4) is 0 Å². The predicted octanol–water partition coefficient (Wildman–Crippen LogP) is 25.8. The molecule has 0 aromatic heterocycles. The first-order valence-electron chi connectivity index (χ1n) is 30.4. The maximum Gasteiger partial charge on any atom is 0.165 e. The Morgan fingerprint density at radius 1 is 0.130 bits per heavy atom. The van der Waals surface area contributed by atoms with Crippen LogP contribution < -0.4 is 0 Å². The Kier molecular flexibility index (Phi) is 36.8. The first-order chi connectivity index (χ1) is 46.2. The molecule has 0 unspecified atom stereocenters. The van der Waals surface area contributed by atoms with Crippen LogP contribution in [0.1, 0.15) is 111 Å². The van der Waals surface area contributed by atoms with Crippen molar-refractivity contribution in [2.24, 2.45) is 0 Å². The fourth-order valence-corrected chi connectivity index (χ4v) is 7.52. The van der Waals surface area contributed by atoms with Crippen LogP contribution in [0.15, 0.2) is 121 Å². The molecule has 20 heteroatoms. The van der Waals surface area contributed by atoms with Gasteiger partial charge in [-0.25, -0.2) is 87.8 Å². The number of hydrogen-bond acceptors (Lipinski definition) is 0. The number of hydrogen-bond donors (Lipinski definition) is 0. The van der Waals surface area contributed by atoms with E-state index < -0.39 is 104 Å². The van der Waals surface area contributed by atoms with E-state index in [0.29, 0.717) is 44.5 Å². The summed E-state index contributed by atoms with van der Waals surface area (Å²) in [6, 6.07) is 31.7. The third kappa shape index (κ3) is 28.2. The summed E-state index contributed by atoms with van der Waals surface area (Å²) in [5, 5.41) is 0. The summed E-state index contributed by atoms with van der Waals surface area (Å²) in [7, 11) is 0. The standard InChI is InChI=1S/C8H6F4.2C8H7F3.4C8H8F2.2C8H9F.C8H10/c1-3-5(9)7(11)4(2)8(12)6(3)10;2*1-4-3-6(9)5(2)8(11)7(4)10;1-5-3-8(10)6(2)4-7(5)9;2*1-5-3-7(9)6(2)8(10)4-5;1-5-3-4-6(2)8(10)7(5)9;2*1-6-3-4-7(2)8(9)5-6;1-7-3-5-8(2)6-4-7/h1-2H3;2*3H,1-2H3;4*3-4H,1-2H3;2*3-5H,1-2H3;3-6H,1-2H3. The zero-order chi connectivity index (χ0) is 77.2. The summed E-state index contributed by atoms with van der Waals surface area (Å²) in [4.78, 5) is 0. The molecule has 540 valence electrons. The molecule has 0 spiro atoms. The molecule has 0 fully saturated rings. The molecule has 0 bridgehead atoms. The van der Waals surface area contributed by atoms with E-state index in [4.69, 9.17) is 0 Å². The van der Waals surface area contributed by atoms with Gasteiger partial charge in [0.25, 0.3) is 0 Å². The molecule has 0 radical (unpaired) electrons. The van der Waals surface area contributed by atoms with Gasteiger partial charge in [-0.2, -0.15) is 0 Å². The van der Waals surface area contributed by atoms with Gasteiger partial charge in [0.1, 0.15) is 58.2 Å². The van der Waals surface area contributed by atoms with Crippen LogP contribution in [-0.2, 0) is 0 Å². The van der Waals surface area contributed by atoms with Crippen molar-refractivity contribution in [1.29, 1.82) is 0 Å². The van der Waals surface area contributed by atoms with Gasteiger partial charge in [-0.1, -0.05) is 71.8 Å². The minimum absolute atomic E-state index is 0.00870. The van der Waals surface area contributed by atoms with Crippen LogP contribution in [0.2, 0.25) is 0 Å². The van der Waals surface area contributed by atoms with Crippen molar-refractivity contribution in [2.75, 3.05) is 0 Å². The van der Waals surface area contributed by atoms with E-state index in [1.807, 2.05) is 26.0 Å². The Balaban J connectivity index is 0.000000556. The molecule has 0 aliphatic heterocycles. The third-order valence-electron chi connectivity index (χ3n) is 14.5. The fraction of sp³-hybridized carbons (Fsp3) is 0.250. The Bertz CT molecular complexity index is 3890. The second kappa shape index (κ2) is 41.4. The molecule has 0 atom stereocenters. The van der Waals surface area contributed by atoms with Gasteiger partial charge >= 0.3 is 0 Å². The van der Waals surface area contributed by atoms with Gasteiger partial charge in [0.15, 0.2) is 58.2 Å². The van der Waals surface area contributed by atoms with Crippen LogP contribution in [0, 0.1) is 255 Å². The molecule has 0 N–H and O–H groups in total. The van der Waals surface area contributed by atoms with Crippen LogP contribution >= 0.6 is 0 Å². The van der Waals surface area contributed by atoms with Crippen molar-refractivity contribution in [3.63, 3.8) is 0 Å². The average Bonchev–Trinajstić information content (AvgIpc) is 0.812. The van der Waals surface area contributed by atoms with Gasteiger partial charge in [0.05, 0.1) is 0 Å². The van der Waals surface area contributed by atoms with Gasteiger partial charge in [0.2, 0.25) is 0 Å². The highest BCUT2D eigenvalue weighted by Crippen LogP contribution is 2.24. The molecule has 0 saturated heterocycles. The smallest absolute Gasteiger partial charge is 0.165 e. The first-order valence-corrected chi connectivity index (χ1v) is 30.4. The van der Waals surface area contributed by atoms with Gasteiger partial charge in [-0.05, 0) is 266 Å². The van der Waals surface area contributed by atoms with Gasteiger partial charge < -0.3 is 0 Å². The van der Waals surface area contributed by atoms with E-state index in [-0.39, 0.29) is 56.6 Å². The zero-order valence-corrected chi connectivity index (χ0v) is 59.1. The monoisotopic (exact) mass is 1420 g/mol. The maximum absolute atomic E-state index is 12.7. The summed E-state index contributed by atoms with van der Waals surface area (Å²) >= 11 is 0. The lowest BCUT2D eigenvalue weighted by atomic mass is 10.1. The van der Waals surface area contributed by atoms with Crippen LogP contribution in [-0.4, -0.2) is 0 Å². The molecule has 100 heavy (non-hydrogen) atoms. The van der Waals surface area contributed by atoms with Crippen LogP contribution in [0.3, 0.4) is 0 Å². The van der Waals surface area contributed by atoms with Crippen molar-refractivity contribution in [1.82, 2.24) is 0 Å². The van der Waals surface area contributed by atoms with Crippen LogP contribution in [0.25, 0.3) is 0 Å². The minimum Gasteiger partial charge on any atom is -0.207 e. The minimum atomic E-state index is -1.33. The molecule has 0 aliphatic carbocycles. The molecular formula is C80H80F20. The Labute approximate surface area is 573 Å². The molecule has 10 aromatic carbocycles. The SMILES string of the molecule is Cc1c(F)c(F)c(C)c(F)c1F.Cc1cc(F)c(C)c(F)c1.Cc1cc(F)c(C)c(F)c1.Cc1cc(F)c(C)c(F)c1F.Cc1cc(F)c(C)c(F)c1F.Cc1cc(F)c(C)cc1F.Cc1ccc(C)c(F)c1.Cc1ccc(C)c(F)c1.Cc1ccc(C)c(F)c1F.Cc1ccc(C)cc1. The Hall–Kier alpha value is -9.20. The highest BCUT2D eigenvalue weighted by Gasteiger charge is 2.20. The summed E-state index contributed by atoms with van der Waals surface area (Å²) in [5.74, 6) is -15.1. The quantitative estimate of drug-likeness (QED) is 0.105. The lowest BCUT2D eigenvalue weighted by Gasteiger charge is -2.04. The normalized spacial score (nSPS) is 10.0. The largest absolute Gasteiger partial charge is 0.207 e. The summed E-state index contributed by atoms with van der Waals surface area (Å²) < 4.78 is 252. The van der Waals surface area contributed by atoms with Crippen LogP contribution in [0.4, 0.5) is 87.8 Å². The molecule has 0 aliphatic rings. The lowest BCUT2D eigenvalue weighted by molar-refractivity contribution is 0.436. The number of halogens is 20.